The quantitative estimate of drug-likeness (QED) is 0.239. The predicted molar refractivity (Wildman–Crippen MR) is 146 cm³/mol. The Hall–Kier alpha value is -3.68. The highest BCUT2D eigenvalue weighted by molar-refractivity contribution is 5.44. The van der Waals surface area contributed by atoms with Crippen LogP contribution in [0.2, 0.25) is 0 Å². The first kappa shape index (κ1) is 25.9. The first-order valence-electron chi connectivity index (χ1n) is 13.2. The molecule has 1 N–H and O–H groups in total. The van der Waals surface area contributed by atoms with Crippen molar-refractivity contribution in [1.29, 1.82) is 0 Å². The van der Waals surface area contributed by atoms with Gasteiger partial charge in [-0.2, -0.15) is 5.10 Å². The lowest BCUT2D eigenvalue weighted by atomic mass is 10.1. The summed E-state index contributed by atoms with van der Waals surface area (Å²) in [5, 5.41) is 15.8. The normalized spacial score (nSPS) is 14.2. The molecule has 1 saturated carbocycles. The fourth-order valence-corrected chi connectivity index (χ4v) is 4.57. The third kappa shape index (κ3) is 6.41. The molecule has 0 radical (unpaired) electrons. The van der Waals surface area contributed by atoms with Crippen molar-refractivity contribution in [3.05, 3.63) is 102 Å². The molecule has 4 aromatic rings. The zero-order valence-corrected chi connectivity index (χ0v) is 21.8. The summed E-state index contributed by atoms with van der Waals surface area (Å²) in [5.74, 6) is 1.48. The maximum Gasteiger partial charge on any atom is 0.227 e. The van der Waals surface area contributed by atoms with E-state index in [1.807, 2.05) is 60.7 Å². The lowest BCUT2D eigenvalue weighted by Crippen LogP contribution is -2.37. The molecule has 0 amide bonds. The van der Waals surface area contributed by atoms with Crippen LogP contribution in [-0.2, 0) is 6.54 Å². The number of rotatable bonds is 12. The van der Waals surface area contributed by atoms with Crippen LogP contribution in [-0.4, -0.2) is 45.1 Å². The second-order valence-electron chi connectivity index (χ2n) is 10.1. The Morgan fingerprint density at radius 1 is 0.974 bits per heavy atom. The molecule has 0 spiro atoms. The molecule has 1 heterocycles. The van der Waals surface area contributed by atoms with Crippen LogP contribution >= 0.6 is 0 Å². The molecule has 5 rings (SSSR count). The van der Waals surface area contributed by atoms with Crippen LogP contribution in [0.4, 0.5) is 4.39 Å². The van der Waals surface area contributed by atoms with Gasteiger partial charge in [0, 0.05) is 25.2 Å². The number of nitrogens with zero attached hydrogens (tertiary/aromatic N) is 3. The molecule has 0 aliphatic heterocycles. The van der Waals surface area contributed by atoms with Crippen LogP contribution in [0.25, 0.3) is 5.69 Å². The second kappa shape index (κ2) is 11.8. The Morgan fingerprint density at radius 3 is 2.32 bits per heavy atom. The van der Waals surface area contributed by atoms with Crippen LogP contribution in [0, 0.1) is 5.82 Å². The molecule has 7 heteroatoms. The van der Waals surface area contributed by atoms with Crippen molar-refractivity contribution in [2.75, 3.05) is 13.2 Å². The highest BCUT2D eigenvalue weighted by atomic mass is 19.1. The molecule has 0 bridgehead atoms. The van der Waals surface area contributed by atoms with Crippen molar-refractivity contribution >= 4 is 0 Å². The van der Waals surface area contributed by atoms with E-state index in [1.165, 1.54) is 12.1 Å². The summed E-state index contributed by atoms with van der Waals surface area (Å²) in [5.41, 5.74) is 2.72. The standard InChI is InChI=1S/C31H34FN3O3/c1-22(2)30-29(20-34(24-16-17-24)19-26(36)21-37-27-13-7-4-8-14-27)31(38-28-15-9-10-23(32)18-28)35(33-30)25-11-5-3-6-12-25/h3-15,18,22,24,26,36H,16-17,19-21H2,1-2H3. The van der Waals surface area contributed by atoms with Gasteiger partial charge in [0.1, 0.15) is 30.0 Å². The summed E-state index contributed by atoms with van der Waals surface area (Å²) in [6.45, 7) is 5.44. The van der Waals surface area contributed by atoms with Gasteiger partial charge >= 0.3 is 0 Å². The highest BCUT2D eigenvalue weighted by Gasteiger charge is 2.33. The average molecular weight is 516 g/mol. The number of para-hydroxylation sites is 2. The number of halogens is 1. The van der Waals surface area contributed by atoms with E-state index in [2.05, 4.69) is 18.7 Å². The summed E-state index contributed by atoms with van der Waals surface area (Å²) < 4.78 is 28.0. The van der Waals surface area contributed by atoms with E-state index in [9.17, 15) is 9.50 Å². The Kier molecular flexibility index (Phi) is 8.05. The summed E-state index contributed by atoms with van der Waals surface area (Å²) in [4.78, 5) is 2.29. The molecule has 0 saturated heterocycles. The Bertz CT molecular complexity index is 1320. The van der Waals surface area contributed by atoms with Crippen molar-refractivity contribution in [2.24, 2.45) is 0 Å². The number of aliphatic hydroxyl groups is 1. The van der Waals surface area contributed by atoms with E-state index in [-0.39, 0.29) is 18.3 Å². The van der Waals surface area contributed by atoms with Gasteiger partial charge in [0.25, 0.3) is 0 Å². The minimum absolute atomic E-state index is 0.136. The van der Waals surface area contributed by atoms with Gasteiger partial charge in [-0.25, -0.2) is 9.07 Å². The molecule has 1 unspecified atom stereocenters. The topological polar surface area (TPSA) is 59.8 Å². The third-order valence-electron chi connectivity index (χ3n) is 6.58. The van der Waals surface area contributed by atoms with Crippen LogP contribution in [0.15, 0.2) is 84.9 Å². The Labute approximate surface area is 223 Å². The van der Waals surface area contributed by atoms with Gasteiger partial charge < -0.3 is 14.6 Å². The SMILES string of the molecule is CC(C)c1nn(-c2ccccc2)c(Oc2cccc(F)c2)c1CN(CC(O)COc1ccccc1)C1CC1. The van der Waals surface area contributed by atoms with Gasteiger partial charge in [-0.15, -0.1) is 0 Å². The number of hydrogen-bond donors (Lipinski definition) is 1. The summed E-state index contributed by atoms with van der Waals surface area (Å²) in [6, 6.07) is 25.9. The molecular formula is C31H34FN3O3. The molecule has 1 atom stereocenters. The van der Waals surface area contributed by atoms with E-state index in [0.29, 0.717) is 30.8 Å². The molecular weight excluding hydrogens is 481 g/mol. The summed E-state index contributed by atoms with van der Waals surface area (Å²) in [6.07, 6.45) is 1.50. The van der Waals surface area contributed by atoms with Gasteiger partial charge in [0.15, 0.2) is 0 Å². The smallest absolute Gasteiger partial charge is 0.227 e. The fraction of sp³-hybridized carbons (Fsp3) is 0.323. The van der Waals surface area contributed by atoms with E-state index >= 15 is 0 Å². The zero-order chi connectivity index (χ0) is 26.5. The molecule has 1 aromatic heterocycles. The molecule has 1 aliphatic carbocycles. The Balaban J connectivity index is 1.45. The molecule has 3 aromatic carbocycles. The van der Waals surface area contributed by atoms with Gasteiger partial charge in [-0.1, -0.05) is 56.3 Å². The molecule has 6 nitrogen and oxygen atoms in total. The first-order valence-corrected chi connectivity index (χ1v) is 13.2. The lowest BCUT2D eigenvalue weighted by Gasteiger charge is -2.26. The molecule has 1 fully saturated rings. The van der Waals surface area contributed by atoms with Crippen molar-refractivity contribution in [1.82, 2.24) is 14.7 Å². The third-order valence-corrected chi connectivity index (χ3v) is 6.58. The van der Waals surface area contributed by atoms with Crippen molar-refractivity contribution in [3.63, 3.8) is 0 Å². The maximum absolute atomic E-state index is 14.0. The minimum Gasteiger partial charge on any atom is -0.491 e. The predicted octanol–water partition coefficient (Wildman–Crippen LogP) is 6.33. The van der Waals surface area contributed by atoms with Crippen molar-refractivity contribution < 1.29 is 19.0 Å². The van der Waals surface area contributed by atoms with E-state index < -0.39 is 6.10 Å². The monoisotopic (exact) mass is 515 g/mol. The van der Waals surface area contributed by atoms with Crippen molar-refractivity contribution in [3.8, 4) is 23.1 Å². The summed E-state index contributed by atoms with van der Waals surface area (Å²) in [7, 11) is 0. The number of benzene rings is 3. The number of ether oxygens (including phenoxy) is 2. The molecule has 38 heavy (non-hydrogen) atoms. The zero-order valence-electron chi connectivity index (χ0n) is 21.8. The maximum atomic E-state index is 14.0. The van der Waals surface area contributed by atoms with E-state index in [1.54, 1.807) is 16.8 Å². The first-order chi connectivity index (χ1) is 18.5. The van der Waals surface area contributed by atoms with Crippen LogP contribution in [0.5, 0.6) is 17.4 Å². The highest BCUT2D eigenvalue weighted by Crippen LogP contribution is 2.37. The number of aliphatic hydroxyl groups excluding tert-OH is 1. The van der Waals surface area contributed by atoms with Crippen molar-refractivity contribution in [2.45, 2.75) is 51.3 Å². The molecule has 198 valence electrons. The van der Waals surface area contributed by atoms with E-state index in [0.717, 1.165) is 35.5 Å². The minimum atomic E-state index is -0.657. The van der Waals surface area contributed by atoms with E-state index in [4.69, 9.17) is 14.6 Å². The number of aromatic nitrogens is 2. The van der Waals surface area contributed by atoms with Gasteiger partial charge in [-0.3, -0.25) is 4.90 Å². The summed E-state index contributed by atoms with van der Waals surface area (Å²) >= 11 is 0. The van der Waals surface area contributed by atoms with Crippen LogP contribution < -0.4 is 9.47 Å². The fourth-order valence-electron chi connectivity index (χ4n) is 4.57. The van der Waals surface area contributed by atoms with Gasteiger partial charge in [-0.05, 0) is 55.2 Å². The Morgan fingerprint density at radius 2 is 1.66 bits per heavy atom. The largest absolute Gasteiger partial charge is 0.491 e. The average Bonchev–Trinajstić information content (AvgIpc) is 3.71. The van der Waals surface area contributed by atoms with Gasteiger partial charge in [0.05, 0.1) is 16.9 Å². The second-order valence-corrected chi connectivity index (χ2v) is 10.1. The number of hydrogen-bond acceptors (Lipinski definition) is 5. The lowest BCUT2D eigenvalue weighted by molar-refractivity contribution is 0.0623. The van der Waals surface area contributed by atoms with Gasteiger partial charge in [0.2, 0.25) is 5.88 Å². The van der Waals surface area contributed by atoms with Crippen LogP contribution in [0.1, 0.15) is 43.9 Å². The molecule has 1 aliphatic rings. The van der Waals surface area contributed by atoms with Crippen LogP contribution in [0.3, 0.4) is 0 Å².